The fourth-order valence-corrected chi connectivity index (χ4v) is 2.36. The summed E-state index contributed by atoms with van der Waals surface area (Å²) in [4.78, 5) is 4.53. The molecule has 0 aliphatic heterocycles. The molecular weight excluding hydrogens is 333 g/mol. The van der Waals surface area contributed by atoms with Gasteiger partial charge < -0.3 is 20.1 Å². The summed E-state index contributed by atoms with van der Waals surface area (Å²) in [6, 6.07) is 14.6. The highest BCUT2D eigenvalue weighted by Gasteiger charge is 2.04. The lowest BCUT2D eigenvalue weighted by Gasteiger charge is -2.12. The number of nitrogens with zero attached hydrogens (tertiary/aromatic N) is 1. The maximum atomic E-state index is 13.7. The number of ether oxygens (including phenoxy) is 2. The monoisotopic (exact) mass is 359 g/mol. The van der Waals surface area contributed by atoms with Gasteiger partial charge in [-0.05, 0) is 36.8 Å². The number of para-hydroxylation sites is 1. The topological polar surface area (TPSA) is 54.9 Å². The molecule has 0 saturated carbocycles. The molecule has 0 fully saturated rings. The first-order valence-electron chi connectivity index (χ1n) is 8.69. The maximum absolute atomic E-state index is 13.7. The molecule has 0 atom stereocenters. The van der Waals surface area contributed by atoms with Crippen LogP contribution < -0.4 is 15.4 Å². The minimum Gasteiger partial charge on any atom is -0.492 e. The van der Waals surface area contributed by atoms with E-state index in [2.05, 4.69) is 15.6 Å². The number of methoxy groups -OCH3 is 1. The van der Waals surface area contributed by atoms with Crippen molar-refractivity contribution < 1.29 is 13.9 Å². The average Bonchev–Trinajstić information content (AvgIpc) is 2.66. The first-order valence-corrected chi connectivity index (χ1v) is 8.69. The SMILES string of the molecule is CCNC(=NCc1ccc(F)c(COC)c1)NCCOc1ccccc1. The fraction of sp³-hybridized carbons (Fsp3) is 0.350. The van der Waals surface area contributed by atoms with Crippen LogP contribution in [0.5, 0.6) is 5.75 Å². The van der Waals surface area contributed by atoms with Gasteiger partial charge in [-0.25, -0.2) is 9.38 Å². The molecule has 2 aromatic rings. The van der Waals surface area contributed by atoms with Crippen molar-refractivity contribution in [3.05, 3.63) is 65.5 Å². The Balaban J connectivity index is 1.86. The van der Waals surface area contributed by atoms with Gasteiger partial charge in [0.15, 0.2) is 5.96 Å². The Morgan fingerprint density at radius 3 is 2.65 bits per heavy atom. The summed E-state index contributed by atoms with van der Waals surface area (Å²) < 4.78 is 24.3. The molecule has 26 heavy (non-hydrogen) atoms. The Morgan fingerprint density at radius 1 is 1.12 bits per heavy atom. The number of rotatable bonds is 9. The third-order valence-corrected chi connectivity index (χ3v) is 3.58. The van der Waals surface area contributed by atoms with E-state index in [0.29, 0.717) is 31.2 Å². The zero-order valence-corrected chi connectivity index (χ0v) is 15.3. The number of halogens is 1. The Bertz CT molecular complexity index is 693. The van der Waals surface area contributed by atoms with Crippen LogP contribution in [-0.2, 0) is 17.9 Å². The van der Waals surface area contributed by atoms with Crippen LogP contribution in [0, 0.1) is 5.82 Å². The van der Waals surface area contributed by atoms with Crippen LogP contribution in [0.15, 0.2) is 53.5 Å². The van der Waals surface area contributed by atoms with Crippen LogP contribution in [0.2, 0.25) is 0 Å². The quantitative estimate of drug-likeness (QED) is 0.410. The van der Waals surface area contributed by atoms with Crippen LogP contribution in [0.3, 0.4) is 0 Å². The normalized spacial score (nSPS) is 11.3. The van der Waals surface area contributed by atoms with Crippen molar-refractivity contribution in [1.29, 1.82) is 0 Å². The fourth-order valence-electron chi connectivity index (χ4n) is 2.36. The van der Waals surface area contributed by atoms with Gasteiger partial charge in [0.2, 0.25) is 0 Å². The summed E-state index contributed by atoms with van der Waals surface area (Å²) in [6.45, 7) is 4.61. The summed E-state index contributed by atoms with van der Waals surface area (Å²) in [6.07, 6.45) is 0. The largest absolute Gasteiger partial charge is 0.492 e. The number of hydrogen-bond acceptors (Lipinski definition) is 3. The summed E-state index contributed by atoms with van der Waals surface area (Å²) in [5.41, 5.74) is 1.46. The molecule has 0 aliphatic rings. The molecule has 2 rings (SSSR count). The Labute approximate surface area is 154 Å². The molecular formula is C20H26FN3O2. The van der Waals surface area contributed by atoms with Crippen molar-refractivity contribution in [2.75, 3.05) is 26.8 Å². The molecule has 5 nitrogen and oxygen atoms in total. The van der Waals surface area contributed by atoms with Gasteiger partial charge in [-0.1, -0.05) is 24.3 Å². The predicted octanol–water partition coefficient (Wildman–Crippen LogP) is 3.11. The Kier molecular flexibility index (Phi) is 8.42. The van der Waals surface area contributed by atoms with E-state index in [1.54, 1.807) is 19.2 Å². The zero-order valence-electron chi connectivity index (χ0n) is 15.3. The molecule has 2 N–H and O–H groups in total. The van der Waals surface area contributed by atoms with Crippen molar-refractivity contribution in [3.8, 4) is 5.75 Å². The Hall–Kier alpha value is -2.60. The average molecular weight is 359 g/mol. The second-order valence-electron chi connectivity index (χ2n) is 5.64. The second kappa shape index (κ2) is 11.1. The molecule has 6 heteroatoms. The molecule has 140 valence electrons. The first-order chi connectivity index (χ1) is 12.7. The van der Waals surface area contributed by atoms with Gasteiger partial charge in [0, 0.05) is 19.2 Å². The third-order valence-electron chi connectivity index (χ3n) is 3.58. The molecule has 2 aromatic carbocycles. The molecule has 0 aromatic heterocycles. The molecule has 0 spiro atoms. The molecule has 0 heterocycles. The van der Waals surface area contributed by atoms with Crippen LogP contribution in [0.25, 0.3) is 0 Å². The summed E-state index contributed by atoms with van der Waals surface area (Å²) in [5, 5.41) is 6.41. The van der Waals surface area contributed by atoms with Gasteiger partial charge in [-0.15, -0.1) is 0 Å². The summed E-state index contributed by atoms with van der Waals surface area (Å²) in [7, 11) is 1.55. The van der Waals surface area contributed by atoms with Gasteiger partial charge in [0.05, 0.1) is 19.7 Å². The van der Waals surface area contributed by atoms with Gasteiger partial charge >= 0.3 is 0 Å². The minimum atomic E-state index is -0.261. The molecule has 0 bridgehead atoms. The van der Waals surface area contributed by atoms with Crippen LogP contribution in [0.1, 0.15) is 18.1 Å². The van der Waals surface area contributed by atoms with E-state index in [0.717, 1.165) is 17.9 Å². The molecule has 0 unspecified atom stereocenters. The van der Waals surface area contributed by atoms with E-state index in [-0.39, 0.29) is 12.4 Å². The highest BCUT2D eigenvalue weighted by Crippen LogP contribution is 2.12. The molecule has 0 saturated heterocycles. The predicted molar refractivity (Wildman–Crippen MR) is 102 cm³/mol. The smallest absolute Gasteiger partial charge is 0.191 e. The van der Waals surface area contributed by atoms with E-state index in [4.69, 9.17) is 9.47 Å². The second-order valence-corrected chi connectivity index (χ2v) is 5.64. The number of hydrogen-bond donors (Lipinski definition) is 2. The van der Waals surface area contributed by atoms with Gasteiger partial charge in [-0.2, -0.15) is 0 Å². The van der Waals surface area contributed by atoms with Crippen molar-refractivity contribution in [1.82, 2.24) is 10.6 Å². The van der Waals surface area contributed by atoms with Gasteiger partial charge in [0.25, 0.3) is 0 Å². The van der Waals surface area contributed by atoms with Gasteiger partial charge in [-0.3, -0.25) is 0 Å². The first kappa shape index (κ1) is 19.7. The van der Waals surface area contributed by atoms with Crippen molar-refractivity contribution in [3.63, 3.8) is 0 Å². The lowest BCUT2D eigenvalue weighted by atomic mass is 10.1. The van der Waals surface area contributed by atoms with E-state index >= 15 is 0 Å². The van der Waals surface area contributed by atoms with E-state index < -0.39 is 0 Å². The highest BCUT2D eigenvalue weighted by atomic mass is 19.1. The lowest BCUT2D eigenvalue weighted by molar-refractivity contribution is 0.181. The highest BCUT2D eigenvalue weighted by molar-refractivity contribution is 5.79. The number of guanidine groups is 1. The molecule has 0 aliphatic carbocycles. The molecule has 0 radical (unpaired) electrons. The van der Waals surface area contributed by atoms with Crippen molar-refractivity contribution >= 4 is 5.96 Å². The van der Waals surface area contributed by atoms with E-state index in [9.17, 15) is 4.39 Å². The van der Waals surface area contributed by atoms with Crippen molar-refractivity contribution in [2.24, 2.45) is 4.99 Å². The van der Waals surface area contributed by atoms with E-state index in [1.807, 2.05) is 37.3 Å². The minimum absolute atomic E-state index is 0.249. The van der Waals surface area contributed by atoms with Crippen molar-refractivity contribution in [2.45, 2.75) is 20.1 Å². The number of aliphatic imine (C=N–C) groups is 1. The number of nitrogens with one attached hydrogen (secondary N) is 2. The standard InChI is InChI=1S/C20H26FN3O2/c1-3-22-20(23-11-12-26-18-7-5-4-6-8-18)24-14-16-9-10-19(21)17(13-16)15-25-2/h4-10,13H,3,11-12,14-15H2,1-2H3,(H2,22,23,24). The third kappa shape index (κ3) is 6.72. The summed E-state index contributed by atoms with van der Waals surface area (Å²) in [5.74, 6) is 1.28. The lowest BCUT2D eigenvalue weighted by Crippen LogP contribution is -2.39. The number of benzene rings is 2. The van der Waals surface area contributed by atoms with Crippen LogP contribution >= 0.6 is 0 Å². The summed E-state index contributed by atoms with van der Waals surface area (Å²) >= 11 is 0. The zero-order chi connectivity index (χ0) is 18.6. The Morgan fingerprint density at radius 2 is 1.92 bits per heavy atom. The van der Waals surface area contributed by atoms with Crippen LogP contribution in [-0.4, -0.2) is 32.8 Å². The van der Waals surface area contributed by atoms with E-state index in [1.165, 1.54) is 6.07 Å². The van der Waals surface area contributed by atoms with Crippen LogP contribution in [0.4, 0.5) is 4.39 Å². The molecule has 0 amide bonds. The maximum Gasteiger partial charge on any atom is 0.191 e. The van der Waals surface area contributed by atoms with Gasteiger partial charge in [0.1, 0.15) is 18.2 Å².